The van der Waals surface area contributed by atoms with Gasteiger partial charge >= 0.3 is 0 Å². The van der Waals surface area contributed by atoms with Crippen LogP contribution < -0.4 is 10.6 Å². The Balaban J connectivity index is 0.00000420. The highest BCUT2D eigenvalue weighted by Gasteiger charge is 2.38. The minimum absolute atomic E-state index is 0. The second kappa shape index (κ2) is 12.9. The van der Waals surface area contributed by atoms with E-state index in [9.17, 15) is 9.59 Å². The number of carbonyl (C=O) groups excluding carboxylic acids is 2. The minimum Gasteiger partial charge on any atom is -0.356 e. The SMILES string of the molecule is CSCCNC(=NCC(=O)N(C)C)NCC1CC(=O)N(C)C1c1ccccc1.I. The number of halogens is 1. The number of hydrogen-bond donors (Lipinski definition) is 2. The third-order valence-electron chi connectivity index (χ3n) is 4.84. The van der Waals surface area contributed by atoms with Gasteiger partial charge in [-0.1, -0.05) is 30.3 Å². The average Bonchev–Trinajstić information content (AvgIpc) is 2.97. The van der Waals surface area contributed by atoms with Gasteiger partial charge in [-0.3, -0.25) is 9.59 Å². The normalized spacial score (nSPS) is 19.0. The number of aliphatic imine (C=N–C) groups is 1. The van der Waals surface area contributed by atoms with Crippen LogP contribution in [0.2, 0.25) is 0 Å². The first kappa shape index (κ1) is 25.5. The number of nitrogens with zero attached hydrogens (tertiary/aromatic N) is 3. The molecule has 0 aromatic heterocycles. The van der Waals surface area contributed by atoms with Gasteiger partial charge in [0.2, 0.25) is 11.8 Å². The quantitative estimate of drug-likeness (QED) is 0.231. The van der Waals surface area contributed by atoms with E-state index >= 15 is 0 Å². The topological polar surface area (TPSA) is 77.0 Å². The Bertz CT molecular complexity index is 687. The highest BCUT2D eigenvalue weighted by molar-refractivity contribution is 14.0. The second-order valence-electron chi connectivity index (χ2n) is 7.08. The predicted octanol–water partition coefficient (Wildman–Crippen LogP) is 1.81. The van der Waals surface area contributed by atoms with Gasteiger partial charge in [0.15, 0.2) is 5.96 Å². The van der Waals surface area contributed by atoms with Crippen molar-refractivity contribution in [2.45, 2.75) is 12.5 Å². The van der Waals surface area contributed by atoms with Crippen LogP contribution in [0, 0.1) is 5.92 Å². The summed E-state index contributed by atoms with van der Waals surface area (Å²) in [5.74, 6) is 1.79. The highest BCUT2D eigenvalue weighted by Crippen LogP contribution is 2.36. The third kappa shape index (κ3) is 7.69. The van der Waals surface area contributed by atoms with E-state index in [0.29, 0.717) is 18.9 Å². The molecule has 1 saturated heterocycles. The molecule has 0 bridgehead atoms. The van der Waals surface area contributed by atoms with Crippen LogP contribution in [-0.4, -0.2) is 80.4 Å². The van der Waals surface area contributed by atoms with E-state index in [1.54, 1.807) is 25.9 Å². The molecule has 2 unspecified atom stereocenters. The van der Waals surface area contributed by atoms with Gasteiger partial charge in [0.1, 0.15) is 6.54 Å². The number of hydrogen-bond acceptors (Lipinski definition) is 4. The number of nitrogens with one attached hydrogen (secondary N) is 2. The van der Waals surface area contributed by atoms with Crippen LogP contribution in [0.25, 0.3) is 0 Å². The molecular weight excluding hydrogens is 501 g/mol. The van der Waals surface area contributed by atoms with Gasteiger partial charge in [-0.2, -0.15) is 11.8 Å². The maximum Gasteiger partial charge on any atom is 0.243 e. The van der Waals surface area contributed by atoms with Crippen molar-refractivity contribution >= 4 is 53.5 Å². The van der Waals surface area contributed by atoms with Crippen molar-refractivity contribution in [2.75, 3.05) is 52.8 Å². The Morgan fingerprint density at radius 3 is 2.59 bits per heavy atom. The molecule has 162 valence electrons. The first-order valence-electron chi connectivity index (χ1n) is 9.46. The lowest BCUT2D eigenvalue weighted by Crippen LogP contribution is -2.42. The Morgan fingerprint density at radius 2 is 1.97 bits per heavy atom. The number of guanidine groups is 1. The summed E-state index contributed by atoms with van der Waals surface area (Å²) in [6.07, 6.45) is 2.55. The van der Waals surface area contributed by atoms with Crippen LogP contribution in [0.5, 0.6) is 0 Å². The van der Waals surface area contributed by atoms with Crippen LogP contribution >= 0.6 is 35.7 Å². The smallest absolute Gasteiger partial charge is 0.243 e. The summed E-state index contributed by atoms with van der Waals surface area (Å²) in [6, 6.07) is 10.1. The standard InChI is InChI=1S/C20H31N5O2S.HI/c1-24(2)18(27)14-23-20(21-10-11-28-4)22-13-16-12-17(26)25(3)19(16)15-8-6-5-7-9-15;/h5-9,16,19H,10-14H2,1-4H3,(H2,21,22,23);1H. The average molecular weight is 533 g/mol. The number of amides is 2. The number of carbonyl (C=O) groups is 2. The molecule has 29 heavy (non-hydrogen) atoms. The second-order valence-corrected chi connectivity index (χ2v) is 8.06. The summed E-state index contributed by atoms with van der Waals surface area (Å²) < 4.78 is 0. The van der Waals surface area contributed by atoms with Gasteiger partial charge in [-0.15, -0.1) is 24.0 Å². The van der Waals surface area contributed by atoms with Crippen molar-refractivity contribution < 1.29 is 9.59 Å². The fourth-order valence-corrected chi connectivity index (χ4v) is 3.55. The van der Waals surface area contributed by atoms with E-state index in [2.05, 4.69) is 27.8 Å². The summed E-state index contributed by atoms with van der Waals surface area (Å²) in [7, 11) is 5.30. The van der Waals surface area contributed by atoms with E-state index in [4.69, 9.17) is 0 Å². The molecule has 2 N–H and O–H groups in total. The summed E-state index contributed by atoms with van der Waals surface area (Å²) in [5, 5.41) is 6.60. The summed E-state index contributed by atoms with van der Waals surface area (Å²) >= 11 is 1.74. The molecule has 0 saturated carbocycles. The Morgan fingerprint density at radius 1 is 1.28 bits per heavy atom. The van der Waals surface area contributed by atoms with Crippen molar-refractivity contribution in [1.29, 1.82) is 0 Å². The molecule has 1 fully saturated rings. The largest absolute Gasteiger partial charge is 0.356 e. The van der Waals surface area contributed by atoms with Crippen LogP contribution in [0.4, 0.5) is 0 Å². The molecule has 1 aliphatic heterocycles. The Labute approximate surface area is 195 Å². The van der Waals surface area contributed by atoms with Gasteiger partial charge in [0.05, 0.1) is 6.04 Å². The first-order valence-corrected chi connectivity index (χ1v) is 10.8. The van der Waals surface area contributed by atoms with Crippen molar-refractivity contribution in [3.63, 3.8) is 0 Å². The van der Waals surface area contributed by atoms with Gasteiger partial charge in [0.25, 0.3) is 0 Å². The number of likely N-dealkylation sites (N-methyl/N-ethyl adjacent to an activating group) is 1. The molecule has 9 heteroatoms. The van der Waals surface area contributed by atoms with Crippen molar-refractivity contribution in [1.82, 2.24) is 20.4 Å². The van der Waals surface area contributed by atoms with E-state index < -0.39 is 0 Å². The molecule has 0 spiro atoms. The number of likely N-dealkylation sites (tertiary alicyclic amines) is 1. The lowest BCUT2D eigenvalue weighted by molar-refractivity contribution is -0.128. The lowest BCUT2D eigenvalue weighted by atomic mass is 9.94. The number of benzene rings is 1. The molecule has 2 amide bonds. The van der Waals surface area contributed by atoms with Crippen LogP contribution in [0.3, 0.4) is 0 Å². The predicted molar refractivity (Wildman–Crippen MR) is 131 cm³/mol. The molecule has 1 aromatic carbocycles. The van der Waals surface area contributed by atoms with E-state index in [0.717, 1.165) is 17.9 Å². The minimum atomic E-state index is -0.0519. The van der Waals surface area contributed by atoms with E-state index in [-0.39, 0.29) is 54.3 Å². The fourth-order valence-electron chi connectivity index (χ4n) is 3.24. The fraction of sp³-hybridized carbons (Fsp3) is 0.550. The van der Waals surface area contributed by atoms with Crippen molar-refractivity contribution in [2.24, 2.45) is 10.9 Å². The first-order chi connectivity index (χ1) is 13.4. The third-order valence-corrected chi connectivity index (χ3v) is 5.45. The zero-order chi connectivity index (χ0) is 20.5. The Hall–Kier alpha value is -1.49. The number of rotatable bonds is 8. The molecule has 1 aliphatic rings. The molecule has 1 heterocycles. The lowest BCUT2D eigenvalue weighted by Gasteiger charge is -2.26. The van der Waals surface area contributed by atoms with E-state index in [1.807, 2.05) is 36.4 Å². The maximum atomic E-state index is 12.3. The van der Waals surface area contributed by atoms with Crippen LogP contribution in [-0.2, 0) is 9.59 Å². The summed E-state index contributed by atoms with van der Waals surface area (Å²) in [5.41, 5.74) is 1.14. The van der Waals surface area contributed by atoms with Crippen molar-refractivity contribution in [3.05, 3.63) is 35.9 Å². The highest BCUT2D eigenvalue weighted by atomic mass is 127. The van der Waals surface area contributed by atoms with E-state index in [1.165, 1.54) is 4.90 Å². The molecule has 0 radical (unpaired) electrons. The Kier molecular flexibility index (Phi) is 11.4. The van der Waals surface area contributed by atoms with Gasteiger partial charge in [-0.25, -0.2) is 4.99 Å². The monoisotopic (exact) mass is 533 g/mol. The molecule has 1 aromatic rings. The molecular formula is C20H32IN5O2S. The molecule has 2 rings (SSSR count). The van der Waals surface area contributed by atoms with Gasteiger partial charge in [-0.05, 0) is 11.8 Å². The van der Waals surface area contributed by atoms with Crippen LogP contribution in [0.1, 0.15) is 18.0 Å². The van der Waals surface area contributed by atoms with Gasteiger partial charge in [0, 0.05) is 52.3 Å². The summed E-state index contributed by atoms with van der Waals surface area (Å²) in [4.78, 5) is 31.9. The summed E-state index contributed by atoms with van der Waals surface area (Å²) in [6.45, 7) is 1.46. The molecule has 2 atom stereocenters. The molecule has 0 aliphatic carbocycles. The zero-order valence-corrected chi connectivity index (χ0v) is 20.7. The number of thioether (sulfide) groups is 1. The maximum absolute atomic E-state index is 12.3. The molecule has 7 nitrogen and oxygen atoms in total. The zero-order valence-electron chi connectivity index (χ0n) is 17.6. The van der Waals surface area contributed by atoms with Gasteiger partial charge < -0.3 is 20.4 Å². The van der Waals surface area contributed by atoms with Crippen LogP contribution in [0.15, 0.2) is 35.3 Å². The van der Waals surface area contributed by atoms with Crippen molar-refractivity contribution in [3.8, 4) is 0 Å².